The van der Waals surface area contributed by atoms with Gasteiger partial charge in [0.15, 0.2) is 0 Å². The Morgan fingerprint density at radius 3 is 2.62 bits per heavy atom. The highest BCUT2D eigenvalue weighted by atomic mass is 16.7. The van der Waals surface area contributed by atoms with Gasteiger partial charge in [0.1, 0.15) is 17.1 Å². The summed E-state index contributed by atoms with van der Waals surface area (Å²) in [4.78, 5) is 11.6. The lowest BCUT2D eigenvalue weighted by atomic mass is 9.92. The number of esters is 1. The number of fused-ring (bicyclic) bond motifs is 1. The van der Waals surface area contributed by atoms with E-state index in [1.54, 1.807) is 6.92 Å². The summed E-state index contributed by atoms with van der Waals surface area (Å²) in [5.41, 5.74) is 0.894. The smallest absolute Gasteiger partial charge is 0.344 e. The molecular weight excluding hydrogens is 212 g/mol. The number of hydrogen-bond donors (Lipinski definition) is 3. The molecule has 0 amide bonds. The van der Waals surface area contributed by atoms with Crippen LogP contribution >= 0.6 is 0 Å². The molecule has 0 saturated heterocycles. The van der Waals surface area contributed by atoms with Gasteiger partial charge in [-0.15, -0.1) is 0 Å². The Labute approximate surface area is 91.9 Å². The summed E-state index contributed by atoms with van der Waals surface area (Å²) in [6.45, 7) is 2.97. The normalized spacial score (nSPS) is 23.8. The van der Waals surface area contributed by atoms with Crippen LogP contribution in [0.3, 0.4) is 0 Å². The summed E-state index contributed by atoms with van der Waals surface area (Å²) >= 11 is 0. The highest BCUT2D eigenvalue weighted by molar-refractivity contribution is 5.96. The maximum Gasteiger partial charge on any atom is 0.344 e. The number of aliphatic hydroxyl groups is 1. The van der Waals surface area contributed by atoms with Crippen molar-refractivity contribution in [2.75, 3.05) is 0 Å². The second kappa shape index (κ2) is 3.12. The number of cyclic esters (lactones) is 1. The van der Waals surface area contributed by atoms with Crippen LogP contribution in [-0.4, -0.2) is 27.1 Å². The summed E-state index contributed by atoms with van der Waals surface area (Å²) in [6, 6.07) is 1.09. The third-order valence-electron chi connectivity index (χ3n) is 2.69. The molecule has 5 nitrogen and oxygen atoms in total. The minimum Gasteiger partial charge on any atom is -0.508 e. The van der Waals surface area contributed by atoms with Crippen molar-refractivity contribution in [3.63, 3.8) is 0 Å². The van der Waals surface area contributed by atoms with Gasteiger partial charge in [-0.1, -0.05) is 0 Å². The zero-order valence-corrected chi connectivity index (χ0v) is 8.94. The fraction of sp³-hybridized carbons (Fsp3) is 0.364. The van der Waals surface area contributed by atoms with Gasteiger partial charge in [0.25, 0.3) is 0 Å². The Kier molecular flexibility index (Phi) is 2.10. The topological polar surface area (TPSA) is 87.0 Å². The highest BCUT2D eigenvalue weighted by Crippen LogP contribution is 2.38. The molecule has 1 heterocycles. The van der Waals surface area contributed by atoms with Gasteiger partial charge in [0.2, 0.25) is 5.79 Å². The van der Waals surface area contributed by atoms with E-state index in [1.807, 2.05) is 0 Å². The van der Waals surface area contributed by atoms with Crippen LogP contribution in [0.5, 0.6) is 11.5 Å². The number of hydrogen-bond acceptors (Lipinski definition) is 5. The summed E-state index contributed by atoms with van der Waals surface area (Å²) in [5.74, 6) is -2.83. The van der Waals surface area contributed by atoms with E-state index in [-0.39, 0.29) is 23.5 Å². The zero-order chi connectivity index (χ0) is 12.1. The average molecular weight is 224 g/mol. The maximum absolute atomic E-state index is 11.6. The molecular formula is C11H12O5. The molecule has 1 aromatic rings. The van der Waals surface area contributed by atoms with Crippen LogP contribution < -0.4 is 0 Å². The molecule has 1 unspecified atom stereocenters. The van der Waals surface area contributed by atoms with Gasteiger partial charge in [-0.2, -0.15) is 0 Å². The minimum absolute atomic E-state index is 0.0156. The third kappa shape index (κ3) is 1.49. The molecule has 86 valence electrons. The molecule has 1 aliphatic heterocycles. The lowest BCUT2D eigenvalue weighted by Gasteiger charge is -2.30. The molecule has 0 spiro atoms. The molecule has 2 rings (SSSR count). The number of benzene rings is 1. The predicted molar refractivity (Wildman–Crippen MR) is 54.3 cm³/mol. The number of carbonyl (C=O) groups is 1. The van der Waals surface area contributed by atoms with E-state index in [0.717, 1.165) is 6.07 Å². The Balaban J connectivity index is 2.70. The predicted octanol–water partition coefficient (Wildman–Crippen LogP) is 0.828. The molecule has 5 heteroatoms. The Hall–Kier alpha value is -1.75. The number of phenolic OH excluding ortho intramolecular Hbond substituents is 2. The second-order valence-corrected chi connectivity index (χ2v) is 4.13. The van der Waals surface area contributed by atoms with Crippen LogP contribution in [-0.2, 0) is 11.2 Å². The molecule has 0 aliphatic carbocycles. The molecule has 1 aromatic carbocycles. The number of aromatic hydroxyl groups is 2. The van der Waals surface area contributed by atoms with Crippen molar-refractivity contribution in [1.29, 1.82) is 0 Å². The number of phenols is 2. The van der Waals surface area contributed by atoms with Gasteiger partial charge in [-0.3, -0.25) is 0 Å². The summed E-state index contributed by atoms with van der Waals surface area (Å²) in [7, 11) is 0. The maximum atomic E-state index is 11.6. The standard InChI is InChI=1S/C11H12O5/c1-5-6-4-11(2,15)16-10(14)9(6)8(13)3-7(5)12/h3,12-13,15H,4H2,1-2H3. The Morgan fingerprint density at radius 2 is 2.00 bits per heavy atom. The molecule has 3 N–H and O–H groups in total. The molecule has 0 saturated carbocycles. The van der Waals surface area contributed by atoms with Crippen molar-refractivity contribution in [2.24, 2.45) is 0 Å². The van der Waals surface area contributed by atoms with Crippen molar-refractivity contribution in [1.82, 2.24) is 0 Å². The summed E-state index contributed by atoms with van der Waals surface area (Å²) in [6.07, 6.45) is 0.0435. The van der Waals surface area contributed by atoms with Gasteiger partial charge in [0.05, 0.1) is 0 Å². The fourth-order valence-corrected chi connectivity index (χ4v) is 1.87. The van der Waals surface area contributed by atoms with Crippen LogP contribution in [0.15, 0.2) is 6.07 Å². The van der Waals surface area contributed by atoms with Crippen LogP contribution in [0.1, 0.15) is 28.4 Å². The third-order valence-corrected chi connectivity index (χ3v) is 2.69. The van der Waals surface area contributed by atoms with E-state index in [1.165, 1.54) is 6.92 Å². The average Bonchev–Trinajstić information content (AvgIpc) is 2.11. The number of ether oxygens (including phenoxy) is 1. The minimum atomic E-state index is -1.60. The van der Waals surface area contributed by atoms with Crippen molar-refractivity contribution in [3.05, 3.63) is 22.8 Å². The first-order valence-corrected chi connectivity index (χ1v) is 4.82. The van der Waals surface area contributed by atoms with E-state index < -0.39 is 11.8 Å². The Bertz CT molecular complexity index is 476. The monoisotopic (exact) mass is 224 g/mol. The van der Waals surface area contributed by atoms with E-state index in [9.17, 15) is 20.1 Å². The summed E-state index contributed by atoms with van der Waals surface area (Å²) < 4.78 is 4.75. The molecule has 1 aliphatic rings. The number of carbonyl (C=O) groups excluding carboxylic acids is 1. The first-order valence-electron chi connectivity index (χ1n) is 4.82. The molecule has 1 atom stereocenters. The second-order valence-electron chi connectivity index (χ2n) is 4.13. The van der Waals surface area contributed by atoms with Gasteiger partial charge >= 0.3 is 5.97 Å². The lowest BCUT2D eigenvalue weighted by Crippen LogP contribution is -2.39. The van der Waals surface area contributed by atoms with E-state index in [4.69, 9.17) is 4.74 Å². The van der Waals surface area contributed by atoms with Crippen molar-refractivity contribution < 1.29 is 24.9 Å². The molecule has 0 bridgehead atoms. The molecule has 0 fully saturated rings. The van der Waals surface area contributed by atoms with Crippen LogP contribution in [0.4, 0.5) is 0 Å². The van der Waals surface area contributed by atoms with Gasteiger partial charge in [0, 0.05) is 19.4 Å². The first-order chi connectivity index (χ1) is 7.32. The van der Waals surface area contributed by atoms with Gasteiger partial charge in [-0.05, 0) is 18.1 Å². The molecule has 0 radical (unpaired) electrons. The Morgan fingerprint density at radius 1 is 1.38 bits per heavy atom. The van der Waals surface area contributed by atoms with Crippen LogP contribution in [0.2, 0.25) is 0 Å². The van der Waals surface area contributed by atoms with E-state index >= 15 is 0 Å². The molecule has 0 aromatic heterocycles. The quantitative estimate of drug-likeness (QED) is 0.568. The first kappa shape index (κ1) is 10.8. The van der Waals surface area contributed by atoms with Crippen LogP contribution in [0.25, 0.3) is 0 Å². The number of rotatable bonds is 0. The van der Waals surface area contributed by atoms with E-state index in [0.29, 0.717) is 11.1 Å². The largest absolute Gasteiger partial charge is 0.508 e. The SMILES string of the molecule is Cc1c(O)cc(O)c2c1CC(C)(O)OC2=O. The van der Waals surface area contributed by atoms with Crippen molar-refractivity contribution in [3.8, 4) is 11.5 Å². The lowest BCUT2D eigenvalue weighted by molar-refractivity contribution is -0.154. The fourth-order valence-electron chi connectivity index (χ4n) is 1.87. The van der Waals surface area contributed by atoms with Gasteiger partial charge < -0.3 is 20.1 Å². The highest BCUT2D eigenvalue weighted by Gasteiger charge is 2.37. The van der Waals surface area contributed by atoms with Crippen molar-refractivity contribution >= 4 is 5.97 Å². The van der Waals surface area contributed by atoms with E-state index in [2.05, 4.69) is 0 Å². The molecule has 16 heavy (non-hydrogen) atoms. The zero-order valence-electron chi connectivity index (χ0n) is 8.94. The van der Waals surface area contributed by atoms with Crippen molar-refractivity contribution in [2.45, 2.75) is 26.1 Å². The van der Waals surface area contributed by atoms with Gasteiger partial charge in [-0.25, -0.2) is 4.79 Å². The van der Waals surface area contributed by atoms with Crippen LogP contribution in [0, 0.1) is 6.92 Å². The summed E-state index contributed by atoms with van der Waals surface area (Å²) in [5, 5.41) is 28.8.